The SMILES string of the molecule is CC(C)C(=O)N[C@@H](Cc1ccc(C(C)(C)C)cc1)C(=O)O. The van der Waals surface area contributed by atoms with E-state index in [0.717, 1.165) is 5.56 Å². The number of carbonyl (C=O) groups is 2. The second-order valence-corrected chi connectivity index (χ2v) is 6.71. The maximum atomic E-state index is 11.7. The Morgan fingerprint density at radius 1 is 1.14 bits per heavy atom. The quantitative estimate of drug-likeness (QED) is 0.876. The van der Waals surface area contributed by atoms with Gasteiger partial charge in [0, 0.05) is 12.3 Å². The molecule has 0 saturated carbocycles. The lowest BCUT2D eigenvalue weighted by Crippen LogP contribution is -2.44. The molecule has 0 bridgehead atoms. The summed E-state index contributed by atoms with van der Waals surface area (Å²) >= 11 is 0. The molecule has 116 valence electrons. The molecule has 0 aliphatic heterocycles. The number of benzene rings is 1. The number of carbonyl (C=O) groups excluding carboxylic acids is 1. The van der Waals surface area contributed by atoms with E-state index in [1.807, 2.05) is 24.3 Å². The van der Waals surface area contributed by atoms with Crippen molar-refractivity contribution in [2.75, 3.05) is 0 Å². The number of nitrogens with one attached hydrogen (secondary N) is 1. The standard InChI is InChI=1S/C17H25NO3/c1-11(2)15(19)18-14(16(20)21)10-12-6-8-13(9-7-12)17(3,4)5/h6-9,11,14H,10H2,1-5H3,(H,18,19)(H,20,21)/t14-/m0/s1. The molecule has 0 aliphatic carbocycles. The predicted molar refractivity (Wildman–Crippen MR) is 83.3 cm³/mol. The highest BCUT2D eigenvalue weighted by Gasteiger charge is 2.22. The van der Waals surface area contributed by atoms with Crippen molar-refractivity contribution >= 4 is 11.9 Å². The first-order valence-electron chi connectivity index (χ1n) is 7.24. The van der Waals surface area contributed by atoms with Gasteiger partial charge in [0.15, 0.2) is 0 Å². The molecule has 21 heavy (non-hydrogen) atoms. The van der Waals surface area contributed by atoms with Gasteiger partial charge in [-0.2, -0.15) is 0 Å². The summed E-state index contributed by atoms with van der Waals surface area (Å²) in [7, 11) is 0. The van der Waals surface area contributed by atoms with E-state index < -0.39 is 12.0 Å². The van der Waals surface area contributed by atoms with E-state index in [2.05, 4.69) is 26.1 Å². The Balaban J connectivity index is 2.81. The van der Waals surface area contributed by atoms with Crippen LogP contribution in [0, 0.1) is 5.92 Å². The van der Waals surface area contributed by atoms with Crippen molar-refractivity contribution in [2.24, 2.45) is 5.92 Å². The fourth-order valence-electron chi connectivity index (χ4n) is 1.91. The van der Waals surface area contributed by atoms with Crippen molar-refractivity contribution in [3.05, 3.63) is 35.4 Å². The van der Waals surface area contributed by atoms with Crippen LogP contribution in [0.2, 0.25) is 0 Å². The molecule has 4 nitrogen and oxygen atoms in total. The molecular weight excluding hydrogens is 266 g/mol. The van der Waals surface area contributed by atoms with Crippen molar-refractivity contribution in [3.63, 3.8) is 0 Å². The van der Waals surface area contributed by atoms with Gasteiger partial charge in [0.25, 0.3) is 0 Å². The molecule has 0 heterocycles. The zero-order chi connectivity index (χ0) is 16.2. The van der Waals surface area contributed by atoms with E-state index in [0.29, 0.717) is 0 Å². The van der Waals surface area contributed by atoms with Gasteiger partial charge in [-0.05, 0) is 16.5 Å². The summed E-state index contributed by atoms with van der Waals surface area (Å²) < 4.78 is 0. The lowest BCUT2D eigenvalue weighted by atomic mass is 9.86. The maximum Gasteiger partial charge on any atom is 0.326 e. The average Bonchev–Trinajstić information content (AvgIpc) is 2.37. The summed E-state index contributed by atoms with van der Waals surface area (Å²) in [6, 6.07) is 6.99. The highest BCUT2D eigenvalue weighted by molar-refractivity contribution is 5.84. The third kappa shape index (κ3) is 5.21. The van der Waals surface area contributed by atoms with Gasteiger partial charge < -0.3 is 10.4 Å². The minimum Gasteiger partial charge on any atom is -0.480 e. The first-order valence-corrected chi connectivity index (χ1v) is 7.24. The van der Waals surface area contributed by atoms with Gasteiger partial charge in [-0.25, -0.2) is 4.79 Å². The predicted octanol–water partition coefficient (Wildman–Crippen LogP) is 2.75. The number of carboxylic acids is 1. The van der Waals surface area contributed by atoms with E-state index in [1.165, 1.54) is 5.56 Å². The Morgan fingerprint density at radius 3 is 2.05 bits per heavy atom. The molecule has 0 saturated heterocycles. The molecule has 1 aromatic carbocycles. The minimum atomic E-state index is -1.01. The highest BCUT2D eigenvalue weighted by atomic mass is 16.4. The molecular formula is C17H25NO3. The van der Waals surface area contributed by atoms with Crippen LogP contribution in [0.4, 0.5) is 0 Å². The average molecular weight is 291 g/mol. The number of amides is 1. The van der Waals surface area contributed by atoms with Crippen molar-refractivity contribution in [3.8, 4) is 0 Å². The first-order chi connectivity index (χ1) is 9.61. The lowest BCUT2D eigenvalue weighted by molar-refractivity contribution is -0.142. The van der Waals surface area contributed by atoms with E-state index >= 15 is 0 Å². The molecule has 0 radical (unpaired) electrons. The molecule has 0 unspecified atom stereocenters. The minimum absolute atomic E-state index is 0.0661. The van der Waals surface area contributed by atoms with E-state index in [-0.39, 0.29) is 23.7 Å². The molecule has 0 aromatic heterocycles. The molecule has 1 atom stereocenters. The summed E-state index contributed by atoms with van der Waals surface area (Å²) in [5.74, 6) is -1.48. The van der Waals surface area contributed by atoms with Crippen LogP contribution >= 0.6 is 0 Å². The number of aliphatic carboxylic acids is 1. The molecule has 0 fully saturated rings. The van der Waals surface area contributed by atoms with Crippen LogP contribution in [-0.2, 0) is 21.4 Å². The molecule has 0 aliphatic rings. The van der Waals surface area contributed by atoms with Crippen LogP contribution in [0.5, 0.6) is 0 Å². The Morgan fingerprint density at radius 2 is 1.67 bits per heavy atom. The maximum absolute atomic E-state index is 11.7. The summed E-state index contributed by atoms with van der Waals surface area (Å²) in [5, 5.41) is 11.8. The largest absolute Gasteiger partial charge is 0.480 e. The smallest absolute Gasteiger partial charge is 0.326 e. The summed E-state index contributed by atoms with van der Waals surface area (Å²) in [5.41, 5.74) is 2.17. The van der Waals surface area contributed by atoms with Gasteiger partial charge >= 0.3 is 5.97 Å². The summed E-state index contributed by atoms with van der Waals surface area (Å²) in [6.07, 6.45) is 0.290. The van der Waals surface area contributed by atoms with Crippen LogP contribution in [0.1, 0.15) is 45.7 Å². The van der Waals surface area contributed by atoms with E-state index in [9.17, 15) is 14.7 Å². The van der Waals surface area contributed by atoms with Crippen LogP contribution in [0.3, 0.4) is 0 Å². The number of hydrogen-bond donors (Lipinski definition) is 2. The van der Waals surface area contributed by atoms with E-state index in [4.69, 9.17) is 0 Å². The normalized spacial score (nSPS) is 13.0. The zero-order valence-electron chi connectivity index (χ0n) is 13.4. The molecule has 0 spiro atoms. The van der Waals surface area contributed by atoms with Crippen molar-refractivity contribution in [2.45, 2.75) is 52.5 Å². The van der Waals surface area contributed by atoms with Gasteiger partial charge in [-0.1, -0.05) is 58.9 Å². The number of hydrogen-bond acceptors (Lipinski definition) is 2. The number of rotatable bonds is 5. The topological polar surface area (TPSA) is 66.4 Å². The van der Waals surface area contributed by atoms with Crippen molar-refractivity contribution in [1.82, 2.24) is 5.32 Å². The zero-order valence-corrected chi connectivity index (χ0v) is 13.4. The monoisotopic (exact) mass is 291 g/mol. The fraction of sp³-hybridized carbons (Fsp3) is 0.529. The van der Waals surface area contributed by atoms with E-state index in [1.54, 1.807) is 13.8 Å². The Labute approximate surface area is 126 Å². The van der Waals surface area contributed by atoms with Gasteiger partial charge in [-0.3, -0.25) is 4.79 Å². The third-order valence-electron chi connectivity index (χ3n) is 3.40. The van der Waals surface area contributed by atoms with Gasteiger partial charge in [0.05, 0.1) is 0 Å². The Bertz CT molecular complexity index is 498. The van der Waals surface area contributed by atoms with Crippen LogP contribution in [-0.4, -0.2) is 23.0 Å². The molecule has 2 N–H and O–H groups in total. The molecule has 1 amide bonds. The van der Waals surface area contributed by atoms with Crippen LogP contribution in [0.25, 0.3) is 0 Å². The molecule has 1 rings (SSSR count). The van der Waals surface area contributed by atoms with Gasteiger partial charge in [0.2, 0.25) is 5.91 Å². The highest BCUT2D eigenvalue weighted by Crippen LogP contribution is 2.22. The second kappa shape index (κ2) is 6.74. The molecule has 1 aromatic rings. The fourth-order valence-corrected chi connectivity index (χ4v) is 1.91. The molecule has 4 heteroatoms. The number of carboxylic acid groups (broad SMARTS) is 1. The van der Waals surface area contributed by atoms with Crippen LogP contribution < -0.4 is 5.32 Å². The van der Waals surface area contributed by atoms with Gasteiger partial charge in [0.1, 0.15) is 6.04 Å². The van der Waals surface area contributed by atoms with Gasteiger partial charge in [-0.15, -0.1) is 0 Å². The second-order valence-electron chi connectivity index (χ2n) is 6.71. The Hall–Kier alpha value is -1.84. The summed E-state index contributed by atoms with van der Waals surface area (Å²) in [6.45, 7) is 9.87. The van der Waals surface area contributed by atoms with Crippen LogP contribution in [0.15, 0.2) is 24.3 Å². The summed E-state index contributed by atoms with van der Waals surface area (Å²) in [4.78, 5) is 22.9. The Kier molecular flexibility index (Phi) is 5.53. The van der Waals surface area contributed by atoms with Crippen molar-refractivity contribution < 1.29 is 14.7 Å². The third-order valence-corrected chi connectivity index (χ3v) is 3.40. The first kappa shape index (κ1) is 17.2. The lowest BCUT2D eigenvalue weighted by Gasteiger charge is -2.20. The van der Waals surface area contributed by atoms with Crippen molar-refractivity contribution in [1.29, 1.82) is 0 Å².